The minimum absolute atomic E-state index is 0.0880. The van der Waals surface area contributed by atoms with Crippen molar-refractivity contribution in [2.75, 3.05) is 6.54 Å². The zero-order chi connectivity index (χ0) is 15.0. The summed E-state index contributed by atoms with van der Waals surface area (Å²) in [5, 5.41) is 3.53. The molecule has 0 radical (unpaired) electrons. The van der Waals surface area contributed by atoms with Crippen molar-refractivity contribution in [3.05, 3.63) is 29.6 Å². The lowest BCUT2D eigenvalue weighted by Crippen LogP contribution is -2.52. The van der Waals surface area contributed by atoms with Crippen molar-refractivity contribution in [1.82, 2.24) is 5.32 Å². The maximum Gasteiger partial charge on any atom is 0.125 e. The molecule has 1 heterocycles. The number of benzene rings is 1. The molecule has 4 atom stereocenters. The lowest BCUT2D eigenvalue weighted by Gasteiger charge is -2.50. The maximum atomic E-state index is 13.6. The Kier molecular flexibility index (Phi) is 3.96. The van der Waals surface area contributed by atoms with E-state index in [-0.39, 0.29) is 17.5 Å². The third kappa shape index (κ3) is 2.57. The standard InChI is InChI=1S/C18H26FNO/c1-4-20-16-11-18(9-5-6-12(2)13(18)3)21-17-8-7-14(19)10-15(16)17/h7-8,10,12-13,16,20H,4-6,9,11H2,1-3H3. The minimum atomic E-state index is -0.179. The predicted molar refractivity (Wildman–Crippen MR) is 83.0 cm³/mol. The molecule has 0 bridgehead atoms. The first-order chi connectivity index (χ1) is 10.1. The van der Waals surface area contributed by atoms with Crippen LogP contribution in [0.25, 0.3) is 0 Å². The van der Waals surface area contributed by atoms with E-state index in [1.54, 1.807) is 6.07 Å². The highest BCUT2D eigenvalue weighted by Gasteiger charge is 2.48. The van der Waals surface area contributed by atoms with Gasteiger partial charge >= 0.3 is 0 Å². The number of ether oxygens (including phenoxy) is 1. The number of hydrogen-bond acceptors (Lipinski definition) is 2. The van der Waals surface area contributed by atoms with Gasteiger partial charge in [0.1, 0.15) is 17.2 Å². The summed E-state index contributed by atoms with van der Waals surface area (Å²) >= 11 is 0. The average molecular weight is 291 g/mol. The molecular weight excluding hydrogens is 265 g/mol. The van der Waals surface area contributed by atoms with Gasteiger partial charge in [-0.2, -0.15) is 0 Å². The van der Waals surface area contributed by atoms with E-state index in [4.69, 9.17) is 4.74 Å². The van der Waals surface area contributed by atoms with Crippen LogP contribution in [-0.2, 0) is 0 Å². The molecule has 21 heavy (non-hydrogen) atoms. The first-order valence-electron chi connectivity index (χ1n) is 8.27. The second-order valence-corrected chi connectivity index (χ2v) is 6.82. The fourth-order valence-electron chi connectivity index (χ4n) is 4.18. The molecule has 1 N–H and O–H groups in total. The lowest BCUT2D eigenvalue weighted by molar-refractivity contribution is -0.0645. The van der Waals surface area contributed by atoms with Crippen LogP contribution in [0.3, 0.4) is 0 Å². The summed E-state index contributed by atoms with van der Waals surface area (Å²) < 4.78 is 20.1. The summed E-state index contributed by atoms with van der Waals surface area (Å²) in [7, 11) is 0. The smallest absolute Gasteiger partial charge is 0.125 e. The van der Waals surface area contributed by atoms with Crippen molar-refractivity contribution >= 4 is 0 Å². The van der Waals surface area contributed by atoms with Crippen molar-refractivity contribution in [2.24, 2.45) is 11.8 Å². The maximum absolute atomic E-state index is 13.6. The van der Waals surface area contributed by atoms with E-state index >= 15 is 0 Å². The van der Waals surface area contributed by atoms with Crippen LogP contribution in [0.4, 0.5) is 4.39 Å². The van der Waals surface area contributed by atoms with E-state index < -0.39 is 0 Å². The van der Waals surface area contributed by atoms with Gasteiger partial charge in [-0.1, -0.05) is 27.2 Å². The van der Waals surface area contributed by atoms with Crippen LogP contribution < -0.4 is 10.1 Å². The fourth-order valence-corrected chi connectivity index (χ4v) is 4.18. The second-order valence-electron chi connectivity index (χ2n) is 6.82. The van der Waals surface area contributed by atoms with Gasteiger partial charge in [-0.3, -0.25) is 0 Å². The van der Waals surface area contributed by atoms with Crippen LogP contribution in [-0.4, -0.2) is 12.1 Å². The molecule has 4 unspecified atom stereocenters. The number of fused-ring (bicyclic) bond motifs is 1. The van der Waals surface area contributed by atoms with E-state index in [2.05, 4.69) is 26.1 Å². The number of halogens is 1. The monoisotopic (exact) mass is 291 g/mol. The molecule has 116 valence electrons. The summed E-state index contributed by atoms with van der Waals surface area (Å²) in [6.07, 6.45) is 4.56. The Morgan fingerprint density at radius 2 is 2.19 bits per heavy atom. The Bertz CT molecular complexity index is 518. The van der Waals surface area contributed by atoms with Crippen molar-refractivity contribution < 1.29 is 9.13 Å². The van der Waals surface area contributed by atoms with Crippen molar-refractivity contribution in [1.29, 1.82) is 0 Å². The van der Waals surface area contributed by atoms with Gasteiger partial charge in [-0.05, 0) is 49.4 Å². The molecule has 1 spiro atoms. The van der Waals surface area contributed by atoms with Crippen LogP contribution >= 0.6 is 0 Å². The highest BCUT2D eigenvalue weighted by molar-refractivity contribution is 5.40. The third-order valence-electron chi connectivity index (χ3n) is 5.60. The van der Waals surface area contributed by atoms with Gasteiger partial charge < -0.3 is 10.1 Å². The molecule has 0 aromatic heterocycles. The summed E-state index contributed by atoms with van der Waals surface area (Å²) in [5.74, 6) is 1.91. The van der Waals surface area contributed by atoms with Crippen LogP contribution in [0.15, 0.2) is 18.2 Å². The molecule has 1 saturated carbocycles. The zero-order valence-corrected chi connectivity index (χ0v) is 13.3. The molecular formula is C18H26FNO. The SMILES string of the molecule is CCNC1CC2(CCCC(C)C2C)Oc2ccc(F)cc21. The molecule has 1 aromatic rings. The normalized spacial score (nSPS) is 35.3. The number of rotatable bonds is 2. The Morgan fingerprint density at radius 1 is 1.38 bits per heavy atom. The molecule has 2 aliphatic rings. The quantitative estimate of drug-likeness (QED) is 0.869. The van der Waals surface area contributed by atoms with Crippen LogP contribution in [0, 0.1) is 17.7 Å². The van der Waals surface area contributed by atoms with Gasteiger partial charge in [0.25, 0.3) is 0 Å². The molecule has 1 aliphatic heterocycles. The average Bonchev–Trinajstić information content (AvgIpc) is 2.46. The molecule has 1 aliphatic carbocycles. The third-order valence-corrected chi connectivity index (χ3v) is 5.60. The fraction of sp³-hybridized carbons (Fsp3) is 0.667. The first kappa shape index (κ1) is 14.8. The molecule has 0 amide bonds. The van der Waals surface area contributed by atoms with Crippen molar-refractivity contribution in [3.8, 4) is 5.75 Å². The first-order valence-corrected chi connectivity index (χ1v) is 8.27. The van der Waals surface area contributed by atoms with Crippen LogP contribution in [0.1, 0.15) is 58.1 Å². The minimum Gasteiger partial charge on any atom is -0.487 e. The van der Waals surface area contributed by atoms with Crippen molar-refractivity contribution in [3.63, 3.8) is 0 Å². The molecule has 0 saturated heterocycles. The zero-order valence-electron chi connectivity index (χ0n) is 13.3. The van der Waals surface area contributed by atoms with Gasteiger partial charge in [0, 0.05) is 18.0 Å². The van der Waals surface area contributed by atoms with E-state index in [0.29, 0.717) is 11.8 Å². The van der Waals surface area contributed by atoms with Gasteiger partial charge in [-0.25, -0.2) is 4.39 Å². The van der Waals surface area contributed by atoms with E-state index in [1.807, 2.05) is 6.07 Å². The molecule has 1 fully saturated rings. The largest absolute Gasteiger partial charge is 0.487 e. The van der Waals surface area contributed by atoms with Crippen LogP contribution in [0.2, 0.25) is 0 Å². The van der Waals surface area contributed by atoms with Gasteiger partial charge in [-0.15, -0.1) is 0 Å². The Morgan fingerprint density at radius 3 is 2.95 bits per heavy atom. The van der Waals surface area contributed by atoms with Gasteiger partial charge in [0.15, 0.2) is 0 Å². The highest BCUT2D eigenvalue weighted by Crippen LogP contribution is 2.50. The van der Waals surface area contributed by atoms with E-state index in [0.717, 1.165) is 30.7 Å². The second kappa shape index (κ2) is 5.60. The summed E-state index contributed by atoms with van der Waals surface area (Å²) in [5.41, 5.74) is 0.892. The molecule has 2 nitrogen and oxygen atoms in total. The van der Waals surface area contributed by atoms with Crippen molar-refractivity contribution in [2.45, 2.75) is 58.1 Å². The molecule has 3 heteroatoms. The predicted octanol–water partition coefficient (Wildman–Crippen LogP) is 4.45. The molecule has 1 aromatic carbocycles. The molecule has 3 rings (SSSR count). The summed E-state index contributed by atoms with van der Waals surface area (Å²) in [6.45, 7) is 7.65. The number of nitrogens with one attached hydrogen (secondary N) is 1. The topological polar surface area (TPSA) is 21.3 Å². The number of hydrogen-bond donors (Lipinski definition) is 1. The van der Waals surface area contributed by atoms with Crippen LogP contribution in [0.5, 0.6) is 5.75 Å². The summed E-state index contributed by atoms with van der Waals surface area (Å²) in [6, 6.07) is 5.15. The Hall–Kier alpha value is -1.09. The summed E-state index contributed by atoms with van der Waals surface area (Å²) in [4.78, 5) is 0. The lowest BCUT2D eigenvalue weighted by atomic mass is 9.66. The Balaban J connectivity index is 1.98. The highest BCUT2D eigenvalue weighted by atomic mass is 19.1. The van der Waals surface area contributed by atoms with Gasteiger partial charge in [0.05, 0.1) is 0 Å². The van der Waals surface area contributed by atoms with Gasteiger partial charge in [0.2, 0.25) is 0 Å². The van der Waals surface area contributed by atoms with E-state index in [9.17, 15) is 4.39 Å². The van der Waals surface area contributed by atoms with E-state index in [1.165, 1.54) is 18.9 Å². The Labute approximate surface area is 127 Å².